The Bertz CT molecular complexity index is 757. The van der Waals surface area contributed by atoms with E-state index in [1.54, 1.807) is 26.1 Å². The average molecular weight is 522 g/mol. The fourth-order valence-corrected chi connectivity index (χ4v) is 10.8. The van der Waals surface area contributed by atoms with Crippen LogP contribution in [0.5, 0.6) is 5.75 Å². The molecule has 0 fully saturated rings. The van der Waals surface area contributed by atoms with Crippen molar-refractivity contribution in [1.29, 1.82) is 0 Å². The van der Waals surface area contributed by atoms with Gasteiger partial charge in [0, 0.05) is 14.1 Å². The number of hydrogen-bond acceptors (Lipinski definition) is 5. The van der Waals surface area contributed by atoms with Crippen molar-refractivity contribution in [2.24, 2.45) is 0 Å². The Morgan fingerprint density at radius 3 is 1.97 bits per heavy atom. The van der Waals surface area contributed by atoms with Gasteiger partial charge < -0.3 is 23.5 Å². The summed E-state index contributed by atoms with van der Waals surface area (Å²) in [6, 6.07) is 7.83. The van der Waals surface area contributed by atoms with Crippen molar-refractivity contribution in [3.05, 3.63) is 42.5 Å². The van der Waals surface area contributed by atoms with Gasteiger partial charge in [0.1, 0.15) is 18.0 Å². The lowest BCUT2D eigenvalue weighted by Crippen LogP contribution is -2.54. The van der Waals surface area contributed by atoms with Gasteiger partial charge in [-0.3, -0.25) is 4.79 Å². The van der Waals surface area contributed by atoms with E-state index >= 15 is 0 Å². The molecule has 206 valence electrons. The van der Waals surface area contributed by atoms with Crippen LogP contribution < -0.4 is 4.74 Å². The summed E-state index contributed by atoms with van der Waals surface area (Å²) in [4.78, 5) is 14.4. The molecule has 36 heavy (non-hydrogen) atoms. The molecule has 0 bridgehead atoms. The molecule has 3 atom stereocenters. The molecule has 0 radical (unpaired) electrons. The SMILES string of the molecule is C=CC[C@H](O[Si](C(C)C)(C(C)C)C(C)C)[C@H](COCc1ccc(OC)cc1)O[C@H](CC)C(=O)N(C)C. The number of hydrogen-bond donors (Lipinski definition) is 0. The summed E-state index contributed by atoms with van der Waals surface area (Å²) in [6.45, 7) is 20.4. The maximum absolute atomic E-state index is 12.9. The Labute approximate surface area is 221 Å². The maximum atomic E-state index is 12.9. The fourth-order valence-electron chi connectivity index (χ4n) is 5.19. The number of benzene rings is 1. The van der Waals surface area contributed by atoms with Crippen molar-refractivity contribution in [1.82, 2.24) is 4.90 Å². The highest BCUT2D eigenvalue weighted by Gasteiger charge is 2.48. The van der Waals surface area contributed by atoms with E-state index in [2.05, 4.69) is 48.1 Å². The number of amides is 1. The lowest BCUT2D eigenvalue weighted by molar-refractivity contribution is -0.155. The summed E-state index contributed by atoms with van der Waals surface area (Å²) in [5.41, 5.74) is 2.32. The summed E-state index contributed by atoms with van der Waals surface area (Å²) in [7, 11) is 2.97. The highest BCUT2D eigenvalue weighted by atomic mass is 28.4. The lowest BCUT2D eigenvalue weighted by Gasteiger charge is -2.46. The van der Waals surface area contributed by atoms with Crippen molar-refractivity contribution < 1.29 is 23.4 Å². The van der Waals surface area contributed by atoms with E-state index in [1.807, 2.05) is 37.3 Å². The van der Waals surface area contributed by atoms with Gasteiger partial charge in [0.15, 0.2) is 0 Å². The van der Waals surface area contributed by atoms with Crippen LogP contribution in [0.3, 0.4) is 0 Å². The van der Waals surface area contributed by atoms with Gasteiger partial charge >= 0.3 is 0 Å². The maximum Gasteiger partial charge on any atom is 0.251 e. The van der Waals surface area contributed by atoms with Gasteiger partial charge in [0.2, 0.25) is 8.32 Å². The van der Waals surface area contributed by atoms with E-state index in [4.69, 9.17) is 18.6 Å². The van der Waals surface area contributed by atoms with Gasteiger partial charge in [0.05, 0.1) is 26.4 Å². The molecule has 0 saturated carbocycles. The molecule has 1 rings (SSSR count). The van der Waals surface area contributed by atoms with Crippen molar-refractivity contribution >= 4 is 14.2 Å². The monoisotopic (exact) mass is 521 g/mol. The van der Waals surface area contributed by atoms with Gasteiger partial charge in [-0.05, 0) is 47.2 Å². The van der Waals surface area contributed by atoms with Crippen molar-refractivity contribution in [2.75, 3.05) is 27.8 Å². The molecule has 0 unspecified atom stereocenters. The first kappa shape index (κ1) is 32.4. The first-order chi connectivity index (χ1) is 16.9. The van der Waals surface area contributed by atoms with Crippen LogP contribution in [-0.2, 0) is 25.3 Å². The molecule has 1 aromatic rings. The standard InChI is InChI=1S/C29H51NO5Si/c1-12-14-27(35-36(21(3)4,22(5)6)23(7)8)28(34-26(13-2)29(31)30(9)10)20-33-19-24-15-17-25(32-11)18-16-24/h12,15-18,21-23,26-28H,1,13-14,19-20H2,2-11H3/t26-,27+,28+/m1/s1. The van der Waals surface area contributed by atoms with Gasteiger partial charge in [-0.1, -0.05) is 66.7 Å². The van der Waals surface area contributed by atoms with Crippen LogP contribution in [0.2, 0.25) is 16.6 Å². The summed E-state index contributed by atoms with van der Waals surface area (Å²) in [5.74, 6) is 0.764. The molecule has 0 aliphatic rings. The Kier molecular flexibility index (Phi) is 14.0. The second-order valence-corrected chi connectivity index (χ2v) is 16.1. The van der Waals surface area contributed by atoms with Crippen LogP contribution in [0, 0.1) is 0 Å². The topological polar surface area (TPSA) is 57.2 Å². The number of likely N-dealkylation sites (N-methyl/N-ethyl adjacent to an activating group) is 1. The van der Waals surface area contributed by atoms with Gasteiger partial charge in [0.25, 0.3) is 5.91 Å². The molecule has 0 aromatic heterocycles. The smallest absolute Gasteiger partial charge is 0.251 e. The predicted molar refractivity (Wildman–Crippen MR) is 151 cm³/mol. The highest BCUT2D eigenvalue weighted by molar-refractivity contribution is 6.77. The molecule has 0 aliphatic heterocycles. The third-order valence-corrected chi connectivity index (χ3v) is 13.1. The Balaban J connectivity index is 3.26. The summed E-state index contributed by atoms with van der Waals surface area (Å²) >= 11 is 0. The summed E-state index contributed by atoms with van der Waals surface area (Å²) < 4.78 is 25.1. The Hall–Kier alpha value is -1.67. The van der Waals surface area contributed by atoms with Crippen LogP contribution in [0.15, 0.2) is 36.9 Å². The molecular weight excluding hydrogens is 470 g/mol. The third-order valence-electron chi connectivity index (χ3n) is 7.01. The van der Waals surface area contributed by atoms with Gasteiger partial charge in [-0.2, -0.15) is 0 Å². The number of carbonyl (C=O) groups is 1. The lowest BCUT2D eigenvalue weighted by atomic mass is 10.1. The number of ether oxygens (including phenoxy) is 3. The quantitative estimate of drug-likeness (QED) is 0.171. The fraction of sp³-hybridized carbons (Fsp3) is 0.690. The van der Waals surface area contributed by atoms with E-state index < -0.39 is 20.5 Å². The largest absolute Gasteiger partial charge is 0.497 e. The summed E-state index contributed by atoms with van der Waals surface area (Å²) in [5, 5.41) is 0. The van der Waals surface area contributed by atoms with Crippen molar-refractivity contribution in [3.63, 3.8) is 0 Å². The second-order valence-electron chi connectivity index (χ2n) is 10.7. The molecule has 0 spiro atoms. The van der Waals surface area contributed by atoms with Crippen LogP contribution in [0.4, 0.5) is 0 Å². The molecule has 6 nitrogen and oxygen atoms in total. The number of carbonyl (C=O) groups excluding carboxylic acids is 1. The van der Waals surface area contributed by atoms with Crippen LogP contribution in [0.1, 0.15) is 66.9 Å². The number of nitrogens with zero attached hydrogens (tertiary/aromatic N) is 1. The van der Waals surface area contributed by atoms with Crippen LogP contribution in [-0.4, -0.2) is 65.2 Å². The number of rotatable bonds is 17. The molecule has 0 saturated heterocycles. The Morgan fingerprint density at radius 1 is 1.00 bits per heavy atom. The molecule has 0 N–H and O–H groups in total. The molecule has 1 aromatic carbocycles. The van der Waals surface area contributed by atoms with Crippen molar-refractivity contribution in [3.8, 4) is 5.75 Å². The third kappa shape index (κ3) is 8.72. The average Bonchev–Trinajstić information content (AvgIpc) is 2.83. The molecule has 7 heteroatoms. The van der Waals surface area contributed by atoms with E-state index in [-0.39, 0.29) is 12.0 Å². The predicted octanol–water partition coefficient (Wildman–Crippen LogP) is 6.60. The minimum atomic E-state index is -2.21. The second kappa shape index (κ2) is 15.5. The van der Waals surface area contributed by atoms with Gasteiger partial charge in [-0.25, -0.2) is 0 Å². The van der Waals surface area contributed by atoms with Crippen LogP contribution >= 0.6 is 0 Å². The van der Waals surface area contributed by atoms with E-state index in [0.29, 0.717) is 42.7 Å². The molecular formula is C29H51NO5Si. The van der Waals surface area contributed by atoms with E-state index in [1.165, 1.54) is 0 Å². The minimum Gasteiger partial charge on any atom is -0.497 e. The first-order valence-corrected chi connectivity index (χ1v) is 15.4. The zero-order chi connectivity index (χ0) is 27.5. The summed E-state index contributed by atoms with van der Waals surface area (Å²) in [6.07, 6.45) is 1.88. The zero-order valence-corrected chi connectivity index (χ0v) is 25.4. The minimum absolute atomic E-state index is 0.0462. The zero-order valence-electron chi connectivity index (χ0n) is 24.4. The van der Waals surface area contributed by atoms with E-state index in [0.717, 1.165) is 11.3 Å². The normalized spacial score (nSPS) is 14.7. The van der Waals surface area contributed by atoms with Crippen molar-refractivity contribution in [2.45, 2.75) is 103 Å². The van der Waals surface area contributed by atoms with Crippen LogP contribution in [0.25, 0.3) is 0 Å². The van der Waals surface area contributed by atoms with Gasteiger partial charge in [-0.15, -0.1) is 6.58 Å². The molecule has 0 aliphatic carbocycles. The molecule has 0 heterocycles. The molecule has 1 amide bonds. The number of methoxy groups -OCH3 is 1. The Morgan fingerprint density at radius 2 is 1.56 bits per heavy atom. The highest BCUT2D eigenvalue weighted by Crippen LogP contribution is 2.44. The first-order valence-electron chi connectivity index (χ1n) is 13.3. The van der Waals surface area contributed by atoms with E-state index in [9.17, 15) is 4.79 Å².